The normalized spacial score (nSPS) is 10.1. The van der Waals surface area contributed by atoms with Crippen LogP contribution in [-0.2, 0) is 0 Å². The molecule has 0 bridgehead atoms. The van der Waals surface area contributed by atoms with Crippen molar-refractivity contribution < 1.29 is 4.74 Å². The van der Waals surface area contributed by atoms with Gasteiger partial charge in [0.15, 0.2) is 0 Å². The molecule has 2 rings (SSSR count). The fraction of sp³-hybridized carbons (Fsp3) is 0.0909. The zero-order valence-electron chi connectivity index (χ0n) is 8.64. The largest absolute Gasteiger partial charge is 0.437 e. The number of nitrogens with two attached hydrogens (primary N) is 1. The number of hydrogen-bond acceptors (Lipinski definition) is 4. The van der Waals surface area contributed by atoms with Gasteiger partial charge < -0.3 is 10.5 Å². The Morgan fingerprint density at radius 1 is 1.25 bits per heavy atom. The summed E-state index contributed by atoms with van der Waals surface area (Å²) in [5.41, 5.74) is 5.59. The van der Waals surface area contributed by atoms with Crippen LogP contribution in [0.4, 0.5) is 5.82 Å². The molecule has 1 aromatic heterocycles. The minimum Gasteiger partial charge on any atom is -0.437 e. The number of nitrogen functional groups attached to an aromatic ring is 1. The Morgan fingerprint density at radius 2 is 2.00 bits per heavy atom. The molecule has 0 fully saturated rings. The summed E-state index contributed by atoms with van der Waals surface area (Å²) in [6, 6.07) is 8.72. The lowest BCUT2D eigenvalue weighted by atomic mass is 10.3. The van der Waals surface area contributed by atoms with Gasteiger partial charge in [-0.15, -0.1) is 0 Å². The zero-order chi connectivity index (χ0) is 11.5. The zero-order valence-corrected chi connectivity index (χ0v) is 9.40. The highest BCUT2D eigenvalue weighted by atomic mass is 35.5. The Bertz CT molecular complexity index is 496. The van der Waals surface area contributed by atoms with Crippen LogP contribution >= 0.6 is 11.6 Å². The van der Waals surface area contributed by atoms with Crippen LogP contribution in [0, 0.1) is 6.92 Å². The van der Waals surface area contributed by atoms with Gasteiger partial charge in [0.2, 0.25) is 5.88 Å². The molecule has 4 nitrogen and oxygen atoms in total. The number of anilines is 1. The second-order valence-electron chi connectivity index (χ2n) is 3.21. The van der Waals surface area contributed by atoms with Crippen LogP contribution in [0.25, 0.3) is 0 Å². The molecule has 2 aromatic rings. The number of aryl methyl sites for hydroxylation is 1. The molecule has 2 N–H and O–H groups in total. The number of aromatic nitrogens is 2. The van der Waals surface area contributed by atoms with Crippen molar-refractivity contribution in [2.75, 3.05) is 5.73 Å². The quantitative estimate of drug-likeness (QED) is 0.870. The predicted molar refractivity (Wildman–Crippen MR) is 62.7 cm³/mol. The van der Waals surface area contributed by atoms with E-state index in [2.05, 4.69) is 9.97 Å². The van der Waals surface area contributed by atoms with E-state index in [4.69, 9.17) is 22.1 Å². The lowest BCUT2D eigenvalue weighted by Crippen LogP contribution is -1.97. The van der Waals surface area contributed by atoms with Gasteiger partial charge in [-0.3, -0.25) is 0 Å². The Kier molecular flexibility index (Phi) is 2.92. The van der Waals surface area contributed by atoms with Crippen molar-refractivity contribution in [1.82, 2.24) is 9.97 Å². The molecule has 0 aliphatic rings. The summed E-state index contributed by atoms with van der Waals surface area (Å²) in [4.78, 5) is 8.05. The Hall–Kier alpha value is -1.81. The molecule has 1 aromatic carbocycles. The minimum atomic E-state index is 0.370. The van der Waals surface area contributed by atoms with Crippen molar-refractivity contribution in [1.29, 1.82) is 0 Å². The van der Waals surface area contributed by atoms with Gasteiger partial charge in [-0.1, -0.05) is 23.7 Å². The van der Waals surface area contributed by atoms with E-state index in [1.54, 1.807) is 25.1 Å². The fourth-order valence-corrected chi connectivity index (χ4v) is 1.43. The van der Waals surface area contributed by atoms with Crippen molar-refractivity contribution in [2.24, 2.45) is 0 Å². The summed E-state index contributed by atoms with van der Waals surface area (Å²) >= 11 is 5.95. The molecule has 0 amide bonds. The average Bonchev–Trinajstić information content (AvgIpc) is 2.20. The number of halogens is 1. The second-order valence-corrected chi connectivity index (χ2v) is 3.62. The van der Waals surface area contributed by atoms with E-state index in [9.17, 15) is 0 Å². The maximum atomic E-state index is 5.95. The van der Waals surface area contributed by atoms with Gasteiger partial charge in [-0.2, -0.15) is 4.98 Å². The molecule has 82 valence electrons. The molecule has 0 atom stereocenters. The van der Waals surface area contributed by atoms with E-state index in [1.807, 2.05) is 12.1 Å². The third-order valence-corrected chi connectivity index (χ3v) is 2.20. The van der Waals surface area contributed by atoms with Crippen LogP contribution in [-0.4, -0.2) is 9.97 Å². The molecule has 0 radical (unpaired) electrons. The topological polar surface area (TPSA) is 61.0 Å². The minimum absolute atomic E-state index is 0.370. The molecule has 0 unspecified atom stereocenters. The summed E-state index contributed by atoms with van der Waals surface area (Å²) in [5.74, 6) is 1.86. The molecule has 0 aliphatic carbocycles. The van der Waals surface area contributed by atoms with Gasteiger partial charge in [0.05, 0.1) is 5.02 Å². The lowest BCUT2D eigenvalue weighted by Gasteiger charge is -2.07. The number of benzene rings is 1. The highest BCUT2D eigenvalue weighted by molar-refractivity contribution is 6.32. The molecule has 16 heavy (non-hydrogen) atoms. The van der Waals surface area contributed by atoms with Crippen molar-refractivity contribution >= 4 is 17.4 Å². The molecule has 5 heteroatoms. The van der Waals surface area contributed by atoms with E-state index in [0.717, 1.165) is 0 Å². The van der Waals surface area contributed by atoms with E-state index < -0.39 is 0 Å². The average molecular weight is 236 g/mol. The van der Waals surface area contributed by atoms with Gasteiger partial charge in [0.1, 0.15) is 17.4 Å². The molecule has 0 saturated carbocycles. The predicted octanol–water partition coefficient (Wildman–Crippen LogP) is 2.81. The number of rotatable bonds is 2. The summed E-state index contributed by atoms with van der Waals surface area (Å²) in [7, 11) is 0. The number of para-hydroxylation sites is 1. The first-order valence-corrected chi connectivity index (χ1v) is 5.06. The highest BCUT2D eigenvalue weighted by Crippen LogP contribution is 2.28. The smallest absolute Gasteiger partial charge is 0.224 e. The van der Waals surface area contributed by atoms with Crippen molar-refractivity contribution in [3.8, 4) is 11.6 Å². The lowest BCUT2D eigenvalue weighted by molar-refractivity contribution is 0.460. The molecule has 1 heterocycles. The van der Waals surface area contributed by atoms with Crippen LogP contribution in [0.2, 0.25) is 5.02 Å². The second kappa shape index (κ2) is 4.37. The maximum absolute atomic E-state index is 5.95. The van der Waals surface area contributed by atoms with Gasteiger partial charge in [-0.25, -0.2) is 4.98 Å². The summed E-state index contributed by atoms with van der Waals surface area (Å²) in [6.45, 7) is 1.75. The van der Waals surface area contributed by atoms with Crippen molar-refractivity contribution in [3.05, 3.63) is 41.2 Å². The van der Waals surface area contributed by atoms with Crippen LogP contribution in [0.5, 0.6) is 11.6 Å². The van der Waals surface area contributed by atoms with Crippen LogP contribution < -0.4 is 10.5 Å². The van der Waals surface area contributed by atoms with Crippen LogP contribution in [0.15, 0.2) is 30.3 Å². The summed E-state index contributed by atoms with van der Waals surface area (Å²) in [5, 5.41) is 0.525. The van der Waals surface area contributed by atoms with Crippen LogP contribution in [0.1, 0.15) is 5.82 Å². The first-order chi connectivity index (χ1) is 7.65. The Labute approximate surface area is 98.0 Å². The number of hydrogen-bond donors (Lipinski definition) is 1. The fourth-order valence-electron chi connectivity index (χ4n) is 1.25. The summed E-state index contributed by atoms with van der Waals surface area (Å²) < 4.78 is 5.51. The van der Waals surface area contributed by atoms with Crippen molar-refractivity contribution in [2.45, 2.75) is 6.92 Å². The number of nitrogens with zero attached hydrogens (tertiary/aromatic N) is 2. The van der Waals surface area contributed by atoms with Gasteiger partial charge in [0, 0.05) is 6.07 Å². The first kappa shape index (κ1) is 10.7. The van der Waals surface area contributed by atoms with E-state index in [-0.39, 0.29) is 0 Å². The van der Waals surface area contributed by atoms with E-state index in [1.165, 1.54) is 0 Å². The van der Waals surface area contributed by atoms with Crippen LogP contribution in [0.3, 0.4) is 0 Å². The maximum Gasteiger partial charge on any atom is 0.224 e. The molecule has 0 saturated heterocycles. The molecule has 0 aliphatic heterocycles. The van der Waals surface area contributed by atoms with E-state index >= 15 is 0 Å². The van der Waals surface area contributed by atoms with E-state index in [0.29, 0.717) is 28.3 Å². The van der Waals surface area contributed by atoms with Gasteiger partial charge in [-0.05, 0) is 19.1 Å². The number of ether oxygens (including phenoxy) is 1. The van der Waals surface area contributed by atoms with Gasteiger partial charge >= 0.3 is 0 Å². The molecule has 0 spiro atoms. The molecular weight excluding hydrogens is 226 g/mol. The third-order valence-electron chi connectivity index (χ3n) is 1.89. The first-order valence-electron chi connectivity index (χ1n) is 4.69. The summed E-state index contributed by atoms with van der Waals surface area (Å²) in [6.07, 6.45) is 0. The Balaban J connectivity index is 2.30. The highest BCUT2D eigenvalue weighted by Gasteiger charge is 2.04. The van der Waals surface area contributed by atoms with Gasteiger partial charge in [0.25, 0.3) is 0 Å². The standard InChI is InChI=1S/C11H10ClN3O/c1-7-14-10(13)6-11(15-7)16-9-5-3-2-4-8(9)12/h2-6H,1H3,(H2,13,14,15). The Morgan fingerprint density at radius 3 is 2.69 bits per heavy atom. The van der Waals surface area contributed by atoms with Crippen molar-refractivity contribution in [3.63, 3.8) is 0 Å². The molecular formula is C11H10ClN3O. The SMILES string of the molecule is Cc1nc(N)cc(Oc2ccccc2Cl)n1. The third kappa shape index (κ3) is 2.41. The monoisotopic (exact) mass is 235 g/mol.